The van der Waals surface area contributed by atoms with Crippen LogP contribution in [0.2, 0.25) is 0 Å². The van der Waals surface area contributed by atoms with E-state index in [0.717, 1.165) is 24.1 Å². The molecule has 0 radical (unpaired) electrons. The molecule has 5 heteroatoms. The summed E-state index contributed by atoms with van der Waals surface area (Å²) in [5.74, 6) is 0.643. The Labute approximate surface area is 126 Å². The maximum Gasteiger partial charge on any atom is 0.227 e. The first-order valence-electron chi connectivity index (χ1n) is 6.67. The molecule has 0 saturated carbocycles. The van der Waals surface area contributed by atoms with Crippen LogP contribution in [0.1, 0.15) is 12.0 Å². The molecule has 0 N–H and O–H groups in total. The number of anilines is 1. The summed E-state index contributed by atoms with van der Waals surface area (Å²) in [6, 6.07) is 8.20. The molecule has 1 saturated heterocycles. The first-order chi connectivity index (χ1) is 9.76. The van der Waals surface area contributed by atoms with E-state index in [0.29, 0.717) is 12.3 Å². The second-order valence-electron chi connectivity index (χ2n) is 5.13. The maximum atomic E-state index is 12.0. The zero-order chi connectivity index (χ0) is 13.9. The number of hydrogen-bond acceptors (Lipinski definition) is 2. The lowest BCUT2D eigenvalue weighted by Crippen LogP contribution is -2.24. The lowest BCUT2D eigenvalue weighted by molar-refractivity contribution is -0.117. The molecule has 2 heterocycles. The molecule has 1 aliphatic rings. The van der Waals surface area contributed by atoms with Gasteiger partial charge in [-0.1, -0.05) is 28.1 Å². The number of nitrogens with zero attached hydrogens (tertiary/aromatic N) is 3. The number of halogens is 1. The van der Waals surface area contributed by atoms with Crippen molar-refractivity contribution in [2.45, 2.75) is 13.0 Å². The van der Waals surface area contributed by atoms with E-state index in [1.807, 2.05) is 27.8 Å². The molecular formula is C15H16BrN3O. The first-order valence-corrected chi connectivity index (χ1v) is 7.79. The summed E-state index contributed by atoms with van der Waals surface area (Å²) < 4.78 is 2.02. The van der Waals surface area contributed by atoms with Gasteiger partial charge in [0.1, 0.15) is 0 Å². The van der Waals surface area contributed by atoms with Gasteiger partial charge in [-0.25, -0.2) is 4.98 Å². The van der Waals surface area contributed by atoms with Gasteiger partial charge in [0.2, 0.25) is 5.91 Å². The summed E-state index contributed by atoms with van der Waals surface area (Å²) in [6.07, 6.45) is 6.16. The summed E-state index contributed by atoms with van der Waals surface area (Å²) in [5, 5.41) is 0.883. The summed E-state index contributed by atoms with van der Waals surface area (Å²) in [4.78, 5) is 17.9. The fourth-order valence-corrected chi connectivity index (χ4v) is 2.94. The molecule has 20 heavy (non-hydrogen) atoms. The van der Waals surface area contributed by atoms with Crippen LogP contribution >= 0.6 is 15.9 Å². The number of rotatable bonds is 4. The number of carbonyl (C=O) groups is 1. The van der Waals surface area contributed by atoms with Crippen molar-refractivity contribution in [3.63, 3.8) is 0 Å². The lowest BCUT2D eigenvalue weighted by atomic mass is 10.1. The van der Waals surface area contributed by atoms with Crippen LogP contribution in [0.5, 0.6) is 0 Å². The lowest BCUT2D eigenvalue weighted by Gasteiger charge is -2.17. The average molecular weight is 334 g/mol. The Morgan fingerprint density at radius 3 is 2.70 bits per heavy atom. The van der Waals surface area contributed by atoms with Gasteiger partial charge in [-0.2, -0.15) is 0 Å². The molecule has 1 aromatic heterocycles. The number of carbonyl (C=O) groups excluding carboxylic acids is 1. The van der Waals surface area contributed by atoms with Crippen molar-refractivity contribution in [1.82, 2.24) is 9.55 Å². The van der Waals surface area contributed by atoms with Gasteiger partial charge in [0.15, 0.2) is 0 Å². The van der Waals surface area contributed by atoms with Crippen molar-refractivity contribution in [3.05, 3.63) is 48.5 Å². The second kappa shape index (κ2) is 5.79. The Balaban J connectivity index is 1.71. The number of alkyl halides is 1. The molecular weight excluding hydrogens is 318 g/mol. The zero-order valence-corrected chi connectivity index (χ0v) is 12.7. The smallest absolute Gasteiger partial charge is 0.227 e. The highest BCUT2D eigenvalue weighted by Gasteiger charge is 2.29. The molecule has 1 fully saturated rings. The Bertz CT molecular complexity index is 580. The zero-order valence-electron chi connectivity index (χ0n) is 11.1. The van der Waals surface area contributed by atoms with Crippen LogP contribution in [0.15, 0.2) is 43.0 Å². The standard InChI is InChI=1S/C15H16BrN3O/c16-8-13-7-15(20)19(10-13)14-3-1-12(2-4-14)9-18-6-5-17-11-18/h1-6,11,13H,7-10H2. The van der Waals surface area contributed by atoms with Crippen molar-refractivity contribution in [3.8, 4) is 0 Å². The third-order valence-corrected chi connectivity index (χ3v) is 4.51. The summed E-state index contributed by atoms with van der Waals surface area (Å²) in [7, 11) is 0. The van der Waals surface area contributed by atoms with Crippen molar-refractivity contribution in [2.75, 3.05) is 16.8 Å². The van der Waals surface area contributed by atoms with Crippen molar-refractivity contribution >= 4 is 27.5 Å². The predicted octanol–water partition coefficient (Wildman–Crippen LogP) is 2.68. The van der Waals surface area contributed by atoms with Crippen LogP contribution in [0.3, 0.4) is 0 Å². The van der Waals surface area contributed by atoms with Gasteiger partial charge < -0.3 is 9.47 Å². The Morgan fingerprint density at radius 2 is 2.10 bits per heavy atom. The monoisotopic (exact) mass is 333 g/mol. The van der Waals surface area contributed by atoms with Gasteiger partial charge in [-0.15, -0.1) is 0 Å². The van der Waals surface area contributed by atoms with Crippen LogP contribution in [0.4, 0.5) is 5.69 Å². The molecule has 1 atom stereocenters. The van der Waals surface area contributed by atoms with Gasteiger partial charge in [-0.05, 0) is 23.6 Å². The molecule has 104 valence electrons. The maximum absolute atomic E-state index is 12.0. The highest BCUT2D eigenvalue weighted by atomic mass is 79.9. The first kappa shape index (κ1) is 13.4. The average Bonchev–Trinajstić information content (AvgIpc) is 3.09. The molecule has 1 aromatic carbocycles. The van der Waals surface area contributed by atoms with Gasteiger partial charge in [0, 0.05) is 42.9 Å². The molecule has 0 aliphatic carbocycles. The molecule has 0 bridgehead atoms. The van der Waals surface area contributed by atoms with Crippen molar-refractivity contribution in [1.29, 1.82) is 0 Å². The van der Waals surface area contributed by atoms with E-state index < -0.39 is 0 Å². The fraction of sp³-hybridized carbons (Fsp3) is 0.333. The number of amides is 1. The predicted molar refractivity (Wildman–Crippen MR) is 82.0 cm³/mol. The minimum atomic E-state index is 0.219. The van der Waals surface area contributed by atoms with Crippen molar-refractivity contribution in [2.24, 2.45) is 5.92 Å². The number of imidazole rings is 1. The number of aromatic nitrogens is 2. The third kappa shape index (κ3) is 2.77. The van der Waals surface area contributed by atoms with E-state index in [4.69, 9.17) is 0 Å². The van der Waals surface area contributed by atoms with E-state index in [1.54, 1.807) is 12.5 Å². The molecule has 2 aromatic rings. The minimum absolute atomic E-state index is 0.219. The van der Waals surface area contributed by atoms with Gasteiger partial charge >= 0.3 is 0 Å². The van der Waals surface area contributed by atoms with E-state index in [9.17, 15) is 4.79 Å². The normalized spacial score (nSPS) is 18.8. The minimum Gasteiger partial charge on any atom is -0.333 e. The van der Waals surface area contributed by atoms with Gasteiger partial charge in [0.05, 0.1) is 6.33 Å². The van der Waals surface area contributed by atoms with Gasteiger partial charge in [0.25, 0.3) is 0 Å². The molecule has 3 rings (SSSR count). The summed E-state index contributed by atoms with van der Waals surface area (Å²) in [6.45, 7) is 1.61. The molecule has 4 nitrogen and oxygen atoms in total. The van der Waals surface area contributed by atoms with Crippen LogP contribution in [-0.2, 0) is 11.3 Å². The molecule has 1 aliphatic heterocycles. The molecule has 0 spiro atoms. The van der Waals surface area contributed by atoms with E-state index >= 15 is 0 Å². The SMILES string of the molecule is O=C1CC(CBr)CN1c1ccc(Cn2ccnc2)cc1. The fourth-order valence-electron chi connectivity index (χ4n) is 2.51. The Kier molecular flexibility index (Phi) is 3.87. The Hall–Kier alpha value is -1.62. The quantitative estimate of drug-likeness (QED) is 0.807. The molecule has 1 amide bonds. The highest BCUT2D eigenvalue weighted by Crippen LogP contribution is 2.26. The van der Waals surface area contributed by atoms with E-state index in [-0.39, 0.29) is 5.91 Å². The molecule has 1 unspecified atom stereocenters. The van der Waals surface area contributed by atoms with Crippen molar-refractivity contribution < 1.29 is 4.79 Å². The second-order valence-corrected chi connectivity index (χ2v) is 5.78. The summed E-state index contributed by atoms with van der Waals surface area (Å²) >= 11 is 3.46. The van der Waals surface area contributed by atoms with Gasteiger partial charge in [-0.3, -0.25) is 4.79 Å². The summed E-state index contributed by atoms with van der Waals surface area (Å²) in [5.41, 5.74) is 2.20. The van der Waals surface area contributed by atoms with Crippen LogP contribution in [0, 0.1) is 5.92 Å². The van der Waals surface area contributed by atoms with Crippen LogP contribution in [-0.4, -0.2) is 27.3 Å². The number of hydrogen-bond donors (Lipinski definition) is 0. The Morgan fingerprint density at radius 1 is 1.30 bits per heavy atom. The van der Waals surface area contributed by atoms with E-state index in [1.165, 1.54) is 5.56 Å². The largest absolute Gasteiger partial charge is 0.333 e. The van der Waals surface area contributed by atoms with E-state index in [2.05, 4.69) is 33.0 Å². The third-order valence-electron chi connectivity index (χ3n) is 3.60. The van der Waals surface area contributed by atoms with Crippen LogP contribution < -0.4 is 4.90 Å². The topological polar surface area (TPSA) is 38.1 Å². The highest BCUT2D eigenvalue weighted by molar-refractivity contribution is 9.09. The van der Waals surface area contributed by atoms with Crippen LogP contribution in [0.25, 0.3) is 0 Å². The number of benzene rings is 1.